The highest BCUT2D eigenvalue weighted by Crippen LogP contribution is 2.17. The van der Waals surface area contributed by atoms with E-state index in [1.165, 1.54) is 12.8 Å². The van der Waals surface area contributed by atoms with Gasteiger partial charge in [0.05, 0.1) is 17.8 Å². The molecule has 2 aliphatic rings. The van der Waals surface area contributed by atoms with Gasteiger partial charge in [-0.15, -0.1) is 0 Å². The maximum Gasteiger partial charge on any atom is 0.239 e. The van der Waals surface area contributed by atoms with Crippen molar-refractivity contribution in [3.8, 4) is 0 Å². The number of carbonyl (C=O) groups is 1. The van der Waals surface area contributed by atoms with Crippen molar-refractivity contribution in [3.05, 3.63) is 30.0 Å². The number of aromatic amines is 1. The van der Waals surface area contributed by atoms with Crippen molar-refractivity contribution in [2.24, 2.45) is 5.73 Å². The Morgan fingerprint density at radius 2 is 2.00 bits per heavy atom. The van der Waals surface area contributed by atoms with Gasteiger partial charge in [-0.3, -0.25) is 14.8 Å². The van der Waals surface area contributed by atoms with E-state index in [4.69, 9.17) is 5.73 Å². The summed E-state index contributed by atoms with van der Waals surface area (Å²) in [4.78, 5) is 17.2. The van der Waals surface area contributed by atoms with Crippen LogP contribution in [0.4, 0.5) is 0 Å². The van der Waals surface area contributed by atoms with Crippen LogP contribution in [-0.4, -0.2) is 77.3 Å². The minimum atomic E-state index is -0.482. The molecule has 4 rings (SSSR count). The molecule has 0 aliphatic carbocycles. The van der Waals surface area contributed by atoms with Crippen LogP contribution in [0, 0.1) is 0 Å². The van der Waals surface area contributed by atoms with Gasteiger partial charge in [-0.25, -0.2) is 0 Å². The summed E-state index contributed by atoms with van der Waals surface area (Å²) in [6, 6.07) is 6.25. The van der Waals surface area contributed by atoms with E-state index in [1.807, 2.05) is 17.0 Å². The molecule has 1 atom stereocenters. The van der Waals surface area contributed by atoms with Crippen LogP contribution in [0.15, 0.2) is 24.4 Å². The molecule has 26 heavy (non-hydrogen) atoms. The van der Waals surface area contributed by atoms with E-state index in [1.54, 1.807) is 6.20 Å². The van der Waals surface area contributed by atoms with Crippen LogP contribution in [0.2, 0.25) is 0 Å². The van der Waals surface area contributed by atoms with Gasteiger partial charge < -0.3 is 16.0 Å². The molecule has 1 unspecified atom stereocenters. The molecule has 4 N–H and O–H groups in total. The van der Waals surface area contributed by atoms with Crippen LogP contribution in [-0.2, 0) is 11.2 Å². The predicted octanol–water partition coefficient (Wildman–Crippen LogP) is 0.329. The molecule has 1 aromatic carbocycles. The van der Waals surface area contributed by atoms with Crippen LogP contribution < -0.4 is 11.1 Å². The standard InChI is InChI=1S/C19H28N6O/c20-17(12-14-1-2-18-15(11-14)13-22-23-18)19(26)25-9-7-24(8-10-25)16-3-5-21-6-4-16/h1-2,11,13,16-17,21H,3-10,12,20H2,(H,22,23). The number of rotatable bonds is 4. The smallest absolute Gasteiger partial charge is 0.239 e. The van der Waals surface area contributed by atoms with E-state index in [2.05, 4.69) is 26.5 Å². The average molecular weight is 356 g/mol. The number of hydrogen-bond donors (Lipinski definition) is 3. The zero-order valence-electron chi connectivity index (χ0n) is 15.2. The summed E-state index contributed by atoms with van der Waals surface area (Å²) < 4.78 is 0. The van der Waals surface area contributed by atoms with Gasteiger partial charge >= 0.3 is 0 Å². The molecule has 0 saturated carbocycles. The van der Waals surface area contributed by atoms with E-state index in [-0.39, 0.29) is 5.91 Å². The third-order valence-electron chi connectivity index (χ3n) is 5.73. The Kier molecular flexibility index (Phi) is 5.19. The maximum atomic E-state index is 12.8. The number of piperazine rings is 1. The Bertz CT molecular complexity index is 745. The van der Waals surface area contributed by atoms with Gasteiger partial charge in [0.1, 0.15) is 0 Å². The van der Waals surface area contributed by atoms with E-state index in [0.29, 0.717) is 12.5 Å². The summed E-state index contributed by atoms with van der Waals surface area (Å²) in [6.45, 7) is 5.72. The fourth-order valence-electron chi connectivity index (χ4n) is 4.17. The maximum absolute atomic E-state index is 12.8. The summed E-state index contributed by atoms with van der Waals surface area (Å²) >= 11 is 0. The zero-order valence-corrected chi connectivity index (χ0v) is 15.2. The molecule has 0 bridgehead atoms. The lowest BCUT2D eigenvalue weighted by Crippen LogP contribution is -2.56. The largest absolute Gasteiger partial charge is 0.339 e. The first-order chi connectivity index (χ1) is 12.7. The van der Waals surface area contributed by atoms with Crippen molar-refractivity contribution in [3.63, 3.8) is 0 Å². The molecule has 2 aliphatic heterocycles. The first kappa shape index (κ1) is 17.5. The lowest BCUT2D eigenvalue weighted by atomic mass is 10.0. The van der Waals surface area contributed by atoms with Crippen LogP contribution in [0.5, 0.6) is 0 Å². The van der Waals surface area contributed by atoms with Crippen molar-refractivity contribution in [2.75, 3.05) is 39.3 Å². The van der Waals surface area contributed by atoms with E-state index in [0.717, 1.165) is 55.7 Å². The highest BCUT2D eigenvalue weighted by molar-refractivity contribution is 5.83. The monoisotopic (exact) mass is 356 g/mol. The number of aromatic nitrogens is 2. The number of nitrogens with two attached hydrogens (primary N) is 1. The van der Waals surface area contributed by atoms with E-state index >= 15 is 0 Å². The van der Waals surface area contributed by atoms with Crippen LogP contribution >= 0.6 is 0 Å². The van der Waals surface area contributed by atoms with Gasteiger partial charge in [0.2, 0.25) is 5.91 Å². The first-order valence-electron chi connectivity index (χ1n) is 9.62. The van der Waals surface area contributed by atoms with Crippen molar-refractivity contribution >= 4 is 16.8 Å². The summed E-state index contributed by atoms with van der Waals surface area (Å²) in [5, 5.41) is 11.4. The number of nitrogens with one attached hydrogen (secondary N) is 2. The second kappa shape index (κ2) is 7.73. The lowest BCUT2D eigenvalue weighted by molar-refractivity contribution is -0.134. The van der Waals surface area contributed by atoms with E-state index < -0.39 is 6.04 Å². The third-order valence-corrected chi connectivity index (χ3v) is 5.73. The zero-order chi connectivity index (χ0) is 17.9. The summed E-state index contributed by atoms with van der Waals surface area (Å²) in [5.41, 5.74) is 8.32. The minimum absolute atomic E-state index is 0.0715. The SMILES string of the molecule is NC(Cc1ccc2[nH]ncc2c1)C(=O)N1CCN(C2CCNCC2)CC1. The van der Waals surface area contributed by atoms with Gasteiger partial charge in [0.15, 0.2) is 0 Å². The number of amides is 1. The molecule has 2 fully saturated rings. The summed E-state index contributed by atoms with van der Waals surface area (Å²) in [5.74, 6) is 0.0715. The number of hydrogen-bond acceptors (Lipinski definition) is 5. The van der Waals surface area contributed by atoms with Crippen LogP contribution in [0.25, 0.3) is 10.9 Å². The highest BCUT2D eigenvalue weighted by Gasteiger charge is 2.29. The van der Waals surface area contributed by atoms with Crippen molar-refractivity contribution in [1.82, 2.24) is 25.3 Å². The normalized spacial score (nSPS) is 21.2. The predicted molar refractivity (Wildman–Crippen MR) is 102 cm³/mol. The van der Waals surface area contributed by atoms with Gasteiger partial charge in [-0.05, 0) is 50.0 Å². The lowest BCUT2D eigenvalue weighted by Gasteiger charge is -2.41. The number of piperidine rings is 1. The minimum Gasteiger partial charge on any atom is -0.339 e. The second-order valence-electron chi connectivity index (χ2n) is 7.44. The molecule has 2 aromatic rings. The number of carbonyl (C=O) groups excluding carboxylic acids is 1. The molecule has 1 amide bonds. The Labute approximate surface area is 153 Å². The fourth-order valence-corrected chi connectivity index (χ4v) is 4.17. The summed E-state index contributed by atoms with van der Waals surface area (Å²) in [6.07, 6.45) is 4.79. The van der Waals surface area contributed by atoms with Gasteiger partial charge in [-0.1, -0.05) is 6.07 Å². The molecule has 1 aromatic heterocycles. The molecule has 3 heterocycles. The third kappa shape index (κ3) is 3.75. The molecule has 7 heteroatoms. The van der Waals surface area contributed by atoms with Gasteiger partial charge in [0, 0.05) is 37.6 Å². The Morgan fingerprint density at radius 1 is 1.23 bits per heavy atom. The molecule has 0 spiro atoms. The Hall–Kier alpha value is -1.96. The second-order valence-corrected chi connectivity index (χ2v) is 7.44. The highest BCUT2D eigenvalue weighted by atomic mass is 16.2. The topological polar surface area (TPSA) is 90.3 Å². The van der Waals surface area contributed by atoms with Gasteiger partial charge in [-0.2, -0.15) is 5.10 Å². The molecule has 2 saturated heterocycles. The Balaban J connectivity index is 1.31. The number of benzene rings is 1. The average Bonchev–Trinajstić information content (AvgIpc) is 3.16. The van der Waals surface area contributed by atoms with E-state index in [9.17, 15) is 4.79 Å². The number of nitrogens with zero attached hydrogens (tertiary/aromatic N) is 3. The Morgan fingerprint density at radius 3 is 2.77 bits per heavy atom. The van der Waals surface area contributed by atoms with Crippen LogP contribution in [0.3, 0.4) is 0 Å². The summed E-state index contributed by atoms with van der Waals surface area (Å²) in [7, 11) is 0. The van der Waals surface area contributed by atoms with Crippen molar-refractivity contribution in [1.29, 1.82) is 0 Å². The molecule has 140 valence electrons. The number of H-pyrrole nitrogens is 1. The molecular formula is C19H28N6O. The van der Waals surface area contributed by atoms with Crippen molar-refractivity contribution < 1.29 is 4.79 Å². The van der Waals surface area contributed by atoms with Crippen LogP contribution in [0.1, 0.15) is 18.4 Å². The van der Waals surface area contributed by atoms with Crippen molar-refractivity contribution in [2.45, 2.75) is 31.3 Å². The molecular weight excluding hydrogens is 328 g/mol. The molecule has 0 radical (unpaired) electrons. The molecule has 7 nitrogen and oxygen atoms in total. The van der Waals surface area contributed by atoms with Gasteiger partial charge in [0.25, 0.3) is 0 Å². The fraction of sp³-hybridized carbons (Fsp3) is 0.579. The number of fused-ring (bicyclic) bond motifs is 1. The quantitative estimate of drug-likeness (QED) is 0.734. The first-order valence-corrected chi connectivity index (χ1v) is 9.62.